The third-order valence-corrected chi connectivity index (χ3v) is 16.2. The lowest BCUT2D eigenvalue weighted by atomic mass is 10.0. The minimum Gasteiger partial charge on any atom is -0.310 e. The molecule has 2 heterocycles. The van der Waals surface area contributed by atoms with Crippen molar-refractivity contribution in [3.05, 3.63) is 273 Å². The zero-order valence-corrected chi connectivity index (χ0v) is 41.0. The van der Waals surface area contributed by atoms with Crippen LogP contribution < -0.4 is 9.80 Å². The predicted molar refractivity (Wildman–Crippen MR) is 316 cm³/mol. The largest absolute Gasteiger partial charge is 0.310 e. The Labute approximate surface area is 433 Å². The van der Waals surface area contributed by atoms with Gasteiger partial charge in [-0.05, 0) is 135 Å². The van der Waals surface area contributed by atoms with Gasteiger partial charge in [0, 0.05) is 76.2 Å². The number of benzene rings is 12. The van der Waals surface area contributed by atoms with Crippen LogP contribution in [-0.4, -0.2) is 4.57 Å². The molecule has 1 aliphatic rings. The van der Waals surface area contributed by atoms with Gasteiger partial charge in [0.1, 0.15) is 0 Å². The lowest BCUT2D eigenvalue weighted by Gasteiger charge is -2.27. The second-order valence-electron chi connectivity index (χ2n) is 19.3. The maximum Gasteiger partial charge on any atom is 0.0626 e. The molecule has 3 nitrogen and oxygen atoms in total. The third-order valence-electron chi connectivity index (χ3n) is 15.1. The first-order chi connectivity index (χ1) is 36.7. The van der Waals surface area contributed by atoms with Gasteiger partial charge in [0.2, 0.25) is 0 Å². The first-order valence-electron chi connectivity index (χ1n) is 25.3. The van der Waals surface area contributed by atoms with Gasteiger partial charge >= 0.3 is 0 Å². The molecule has 2 aromatic heterocycles. The summed E-state index contributed by atoms with van der Waals surface area (Å²) in [5, 5.41) is 8.86. The van der Waals surface area contributed by atoms with Gasteiger partial charge in [-0.1, -0.05) is 182 Å². The highest BCUT2D eigenvalue weighted by molar-refractivity contribution is 7.25. The quantitative estimate of drug-likeness (QED) is 0.143. The van der Waals surface area contributed by atoms with Gasteiger partial charge < -0.3 is 14.4 Å². The third kappa shape index (κ3) is 6.80. The first-order valence-corrected chi connectivity index (χ1v) is 26.1. The van der Waals surface area contributed by atoms with E-state index in [-0.39, 0.29) is 0 Å². The van der Waals surface area contributed by atoms with E-state index in [1.807, 2.05) is 11.3 Å². The van der Waals surface area contributed by atoms with Gasteiger partial charge in [-0.25, -0.2) is 0 Å². The Hall–Kier alpha value is -9.48. The van der Waals surface area contributed by atoms with Crippen molar-refractivity contribution in [2.45, 2.75) is 0 Å². The fourth-order valence-corrected chi connectivity index (χ4v) is 12.8. The molecule has 0 amide bonds. The summed E-state index contributed by atoms with van der Waals surface area (Å²) in [4.78, 5) is 4.77. The van der Waals surface area contributed by atoms with Crippen LogP contribution in [0.1, 0.15) is 0 Å². The van der Waals surface area contributed by atoms with E-state index in [4.69, 9.17) is 0 Å². The Balaban J connectivity index is 0.866. The standard InChI is InChI=1S/C70H45N3S/c1-3-14-46(15-4-1)47-28-34-53(35-29-47)71(54-36-30-48(31-37-54)49-32-38-55(39-33-49)72(52-20-5-2-6-21-52)64-26-13-17-50-16-7-8-22-58(50)64)57-40-42-60-65(45-57)73(56-41-43-67-63(44-56)59-23-9-10-27-66(59)74-67)70-62-25-12-19-51-18-11-24-61(68(51)62)69(60)70/h1-45H. The van der Waals surface area contributed by atoms with Crippen molar-refractivity contribution in [3.63, 3.8) is 0 Å². The Kier molecular flexibility index (Phi) is 9.75. The van der Waals surface area contributed by atoms with Crippen molar-refractivity contribution < 1.29 is 0 Å². The normalized spacial score (nSPS) is 11.8. The van der Waals surface area contributed by atoms with Gasteiger partial charge in [0.05, 0.1) is 16.9 Å². The van der Waals surface area contributed by atoms with Crippen molar-refractivity contribution in [3.8, 4) is 50.3 Å². The maximum atomic E-state index is 2.54. The molecule has 0 atom stereocenters. The molecular weight excluding hydrogens is 915 g/mol. The summed E-state index contributed by atoms with van der Waals surface area (Å²) in [5.74, 6) is 0. The lowest BCUT2D eigenvalue weighted by molar-refractivity contribution is 1.14. The fourth-order valence-electron chi connectivity index (χ4n) is 11.7. The van der Waals surface area contributed by atoms with Crippen molar-refractivity contribution >= 4 is 98.1 Å². The van der Waals surface area contributed by atoms with Crippen LogP contribution in [0.25, 0.3) is 103 Å². The number of rotatable bonds is 9. The van der Waals surface area contributed by atoms with Crippen molar-refractivity contribution in [2.24, 2.45) is 0 Å². The van der Waals surface area contributed by atoms with Gasteiger partial charge in [-0.2, -0.15) is 0 Å². The van der Waals surface area contributed by atoms with Gasteiger partial charge in [0.15, 0.2) is 0 Å². The van der Waals surface area contributed by atoms with E-state index < -0.39 is 0 Å². The smallest absolute Gasteiger partial charge is 0.0626 e. The highest BCUT2D eigenvalue weighted by Crippen LogP contribution is 2.54. The number of nitrogens with zero attached hydrogens (tertiary/aromatic N) is 3. The topological polar surface area (TPSA) is 11.4 Å². The van der Waals surface area contributed by atoms with E-state index in [1.54, 1.807) is 0 Å². The van der Waals surface area contributed by atoms with E-state index >= 15 is 0 Å². The minimum absolute atomic E-state index is 1.08. The summed E-state index contributed by atoms with van der Waals surface area (Å²) in [6.45, 7) is 0. The second-order valence-corrected chi connectivity index (χ2v) is 20.3. The van der Waals surface area contributed by atoms with Crippen LogP contribution in [0.15, 0.2) is 273 Å². The highest BCUT2D eigenvalue weighted by atomic mass is 32.1. The van der Waals surface area contributed by atoms with Gasteiger partial charge in [-0.15, -0.1) is 11.3 Å². The molecule has 0 radical (unpaired) electrons. The molecule has 0 fully saturated rings. The Morgan fingerprint density at radius 3 is 1.55 bits per heavy atom. The predicted octanol–water partition coefficient (Wildman–Crippen LogP) is 20.2. The molecular formula is C70H45N3S. The van der Waals surface area contributed by atoms with Crippen molar-refractivity contribution in [1.29, 1.82) is 0 Å². The highest BCUT2D eigenvalue weighted by Gasteiger charge is 2.30. The monoisotopic (exact) mass is 959 g/mol. The average Bonchev–Trinajstić information content (AvgIpc) is 4.14. The zero-order valence-electron chi connectivity index (χ0n) is 40.2. The summed E-state index contributed by atoms with van der Waals surface area (Å²) < 4.78 is 5.15. The molecule has 14 aromatic rings. The molecule has 0 saturated carbocycles. The van der Waals surface area contributed by atoms with Crippen molar-refractivity contribution in [2.75, 3.05) is 9.80 Å². The summed E-state index contributed by atoms with van der Waals surface area (Å²) >= 11 is 1.86. The molecule has 0 unspecified atom stereocenters. The van der Waals surface area contributed by atoms with Crippen LogP contribution in [-0.2, 0) is 0 Å². The number of para-hydroxylation sites is 1. The lowest BCUT2D eigenvalue weighted by Crippen LogP contribution is -2.10. The molecule has 15 rings (SSSR count). The number of thiophene rings is 1. The first kappa shape index (κ1) is 42.2. The molecule has 0 bridgehead atoms. The number of fused-ring (bicyclic) bond motifs is 9. The number of hydrogen-bond acceptors (Lipinski definition) is 3. The number of hydrogen-bond donors (Lipinski definition) is 0. The van der Waals surface area contributed by atoms with E-state index in [9.17, 15) is 0 Å². The fraction of sp³-hybridized carbons (Fsp3) is 0. The van der Waals surface area contributed by atoms with Crippen LogP contribution in [0.4, 0.5) is 34.1 Å². The van der Waals surface area contributed by atoms with Crippen LogP contribution in [0.2, 0.25) is 0 Å². The summed E-state index contributed by atoms with van der Waals surface area (Å²) in [6.07, 6.45) is 0. The number of aromatic nitrogens is 1. The second kappa shape index (κ2) is 17.1. The Morgan fingerprint density at radius 2 is 0.838 bits per heavy atom. The van der Waals surface area contributed by atoms with E-state index in [0.717, 1.165) is 50.9 Å². The summed E-state index contributed by atoms with van der Waals surface area (Å²) in [6, 6.07) is 100. The molecule has 74 heavy (non-hydrogen) atoms. The van der Waals surface area contributed by atoms with Gasteiger partial charge in [-0.3, -0.25) is 0 Å². The van der Waals surface area contributed by atoms with Crippen LogP contribution >= 0.6 is 11.3 Å². The molecule has 12 aromatic carbocycles. The van der Waals surface area contributed by atoms with Crippen LogP contribution in [0, 0.1) is 0 Å². The van der Waals surface area contributed by atoms with Crippen LogP contribution in [0.3, 0.4) is 0 Å². The molecule has 0 spiro atoms. The van der Waals surface area contributed by atoms with E-state index in [1.165, 1.54) is 86.1 Å². The molecule has 1 aliphatic carbocycles. The Morgan fingerprint density at radius 1 is 0.311 bits per heavy atom. The van der Waals surface area contributed by atoms with Gasteiger partial charge in [0.25, 0.3) is 0 Å². The summed E-state index contributed by atoms with van der Waals surface area (Å²) in [5.41, 5.74) is 18.8. The zero-order chi connectivity index (χ0) is 48.7. The van der Waals surface area contributed by atoms with Crippen molar-refractivity contribution in [1.82, 2.24) is 4.57 Å². The molecule has 0 saturated heterocycles. The van der Waals surface area contributed by atoms with E-state index in [2.05, 4.69) is 287 Å². The Bertz CT molecular complexity index is 4450. The molecule has 0 N–H and O–H groups in total. The summed E-state index contributed by atoms with van der Waals surface area (Å²) in [7, 11) is 0. The molecule has 4 heteroatoms. The molecule has 346 valence electrons. The molecule has 0 aliphatic heterocycles. The maximum absolute atomic E-state index is 2.54. The minimum atomic E-state index is 1.08. The average molecular weight is 960 g/mol. The van der Waals surface area contributed by atoms with E-state index in [0.29, 0.717) is 0 Å². The van der Waals surface area contributed by atoms with Crippen LogP contribution in [0.5, 0.6) is 0 Å². The SMILES string of the molecule is c1ccc(-c2ccc(N(c3ccc(-c4ccc(N(c5ccccc5)c5cccc6ccccc56)cc4)cc3)c3ccc4c5c(n(-c6ccc7sc8ccccc8c7c6)c4c3)-c3cccc4cccc-5c34)cc2)cc1. The number of anilines is 6.